The topological polar surface area (TPSA) is 42.6 Å². The minimum atomic E-state index is 0.193. The lowest BCUT2D eigenvalue weighted by molar-refractivity contribution is -0.704. The van der Waals surface area contributed by atoms with Crippen molar-refractivity contribution in [2.24, 2.45) is 0 Å². The van der Waals surface area contributed by atoms with Gasteiger partial charge in [-0.2, -0.15) is 0 Å². The number of aromatic nitrogens is 1. The van der Waals surface area contributed by atoms with Gasteiger partial charge in [0.25, 0.3) is 5.89 Å². The van der Waals surface area contributed by atoms with E-state index in [-0.39, 0.29) is 6.04 Å². The van der Waals surface area contributed by atoms with Gasteiger partial charge in [0.2, 0.25) is 0 Å². The van der Waals surface area contributed by atoms with Gasteiger partial charge in [-0.3, -0.25) is 0 Å². The van der Waals surface area contributed by atoms with Crippen molar-refractivity contribution in [3.05, 3.63) is 113 Å². The molecule has 4 rings (SSSR count). The fourth-order valence-electron chi connectivity index (χ4n) is 3.16. The van der Waals surface area contributed by atoms with Gasteiger partial charge in [-0.25, -0.2) is 4.98 Å². The molecule has 0 atom stereocenters. The molecule has 0 aliphatic carbocycles. The molecule has 0 unspecified atom stereocenters. The van der Waals surface area contributed by atoms with Gasteiger partial charge in [0.05, 0.1) is 6.20 Å². The van der Waals surface area contributed by atoms with E-state index in [1.54, 1.807) is 6.20 Å². The standard InChI is InChI=1S/C23H19ClN2O/c24-20-13-11-17(12-14-20)21-15-25-22(27-21)16-26-23(18-7-3-1-4-8-18)19-9-5-2-6-10-19/h1-15,23,26H,16H2/p+1. The molecule has 0 radical (unpaired) electrons. The van der Waals surface area contributed by atoms with E-state index in [1.807, 2.05) is 36.4 Å². The fraction of sp³-hybridized carbons (Fsp3) is 0.0870. The molecule has 3 nitrogen and oxygen atoms in total. The summed E-state index contributed by atoms with van der Waals surface area (Å²) in [7, 11) is 0. The smallest absolute Gasteiger partial charge is 0.250 e. The van der Waals surface area contributed by atoms with Crippen LogP contribution < -0.4 is 5.32 Å². The zero-order chi connectivity index (χ0) is 18.5. The number of quaternary nitrogens is 1. The summed E-state index contributed by atoms with van der Waals surface area (Å²) in [4.78, 5) is 4.44. The van der Waals surface area contributed by atoms with Crippen LogP contribution >= 0.6 is 11.6 Å². The molecule has 0 spiro atoms. The van der Waals surface area contributed by atoms with Crippen LogP contribution in [-0.4, -0.2) is 4.98 Å². The van der Waals surface area contributed by atoms with Crippen LogP contribution in [0.25, 0.3) is 11.3 Å². The molecule has 0 aliphatic rings. The first kappa shape index (κ1) is 17.5. The van der Waals surface area contributed by atoms with Gasteiger partial charge >= 0.3 is 0 Å². The number of halogens is 1. The van der Waals surface area contributed by atoms with Gasteiger partial charge in [0, 0.05) is 21.7 Å². The minimum Gasteiger partial charge on any atom is -0.435 e. The summed E-state index contributed by atoms with van der Waals surface area (Å²) in [6, 6.07) is 28.8. The Labute approximate surface area is 163 Å². The third kappa shape index (κ3) is 4.27. The van der Waals surface area contributed by atoms with Gasteiger partial charge in [-0.15, -0.1) is 0 Å². The maximum absolute atomic E-state index is 5.95. The molecule has 1 heterocycles. The predicted molar refractivity (Wildman–Crippen MR) is 107 cm³/mol. The second-order valence-electron chi connectivity index (χ2n) is 6.36. The van der Waals surface area contributed by atoms with Gasteiger partial charge < -0.3 is 9.73 Å². The Morgan fingerprint density at radius 3 is 2.00 bits per heavy atom. The van der Waals surface area contributed by atoms with Crippen LogP contribution in [0.1, 0.15) is 23.1 Å². The fourth-order valence-corrected chi connectivity index (χ4v) is 3.28. The van der Waals surface area contributed by atoms with E-state index in [0.29, 0.717) is 17.5 Å². The molecule has 27 heavy (non-hydrogen) atoms. The molecule has 4 heteroatoms. The molecule has 0 bridgehead atoms. The lowest BCUT2D eigenvalue weighted by Gasteiger charge is -2.15. The van der Waals surface area contributed by atoms with Crippen molar-refractivity contribution in [2.75, 3.05) is 0 Å². The highest BCUT2D eigenvalue weighted by Crippen LogP contribution is 2.22. The Bertz CT molecular complexity index is 942. The van der Waals surface area contributed by atoms with Crippen LogP contribution in [0, 0.1) is 0 Å². The zero-order valence-corrected chi connectivity index (χ0v) is 15.5. The molecular formula is C23H20ClN2O+. The average Bonchev–Trinajstić information content (AvgIpc) is 3.19. The molecule has 2 N–H and O–H groups in total. The summed E-state index contributed by atoms with van der Waals surface area (Å²) in [5, 5.41) is 2.96. The highest BCUT2D eigenvalue weighted by atomic mass is 35.5. The summed E-state index contributed by atoms with van der Waals surface area (Å²) in [5.41, 5.74) is 3.49. The van der Waals surface area contributed by atoms with E-state index in [4.69, 9.17) is 16.0 Å². The monoisotopic (exact) mass is 375 g/mol. The quantitative estimate of drug-likeness (QED) is 0.523. The minimum absolute atomic E-state index is 0.193. The number of benzene rings is 3. The van der Waals surface area contributed by atoms with E-state index in [2.05, 4.69) is 58.8 Å². The number of rotatable bonds is 6. The average molecular weight is 376 g/mol. The maximum Gasteiger partial charge on any atom is 0.250 e. The third-order valence-corrected chi connectivity index (χ3v) is 4.78. The van der Waals surface area contributed by atoms with Crippen LogP contribution in [0.4, 0.5) is 0 Å². The summed E-state index contributed by atoms with van der Waals surface area (Å²) in [6.07, 6.45) is 1.77. The highest BCUT2D eigenvalue weighted by molar-refractivity contribution is 6.30. The number of hydrogen-bond donors (Lipinski definition) is 1. The predicted octanol–water partition coefficient (Wildman–Crippen LogP) is 4.85. The van der Waals surface area contributed by atoms with E-state index in [9.17, 15) is 0 Å². The first-order chi connectivity index (χ1) is 13.3. The first-order valence-corrected chi connectivity index (χ1v) is 9.31. The van der Waals surface area contributed by atoms with Crippen molar-refractivity contribution >= 4 is 11.6 Å². The molecule has 3 aromatic carbocycles. The molecular weight excluding hydrogens is 356 g/mol. The number of hydrogen-bond acceptors (Lipinski definition) is 2. The molecule has 1 aromatic heterocycles. The Balaban J connectivity index is 1.52. The van der Waals surface area contributed by atoms with E-state index < -0.39 is 0 Å². The van der Waals surface area contributed by atoms with Gasteiger partial charge in [-0.1, -0.05) is 72.3 Å². The lowest BCUT2D eigenvalue weighted by Crippen LogP contribution is -2.84. The van der Waals surface area contributed by atoms with E-state index in [0.717, 1.165) is 11.3 Å². The zero-order valence-electron chi connectivity index (χ0n) is 14.8. The normalized spacial score (nSPS) is 11.0. The first-order valence-electron chi connectivity index (χ1n) is 8.93. The Morgan fingerprint density at radius 1 is 0.815 bits per heavy atom. The largest absolute Gasteiger partial charge is 0.435 e. The third-order valence-electron chi connectivity index (χ3n) is 4.53. The van der Waals surface area contributed by atoms with E-state index >= 15 is 0 Å². The summed E-state index contributed by atoms with van der Waals surface area (Å²) < 4.78 is 5.95. The van der Waals surface area contributed by atoms with Crippen LogP contribution in [0.2, 0.25) is 5.02 Å². The Kier molecular flexibility index (Phi) is 5.33. The van der Waals surface area contributed by atoms with Gasteiger partial charge in [0.1, 0.15) is 6.04 Å². The Morgan fingerprint density at radius 2 is 1.41 bits per heavy atom. The maximum atomic E-state index is 5.95. The SMILES string of the molecule is Clc1ccc(-c2cnc(C[NH2+]C(c3ccccc3)c3ccccc3)o2)cc1. The molecule has 0 amide bonds. The Hall–Kier alpha value is -2.88. The highest BCUT2D eigenvalue weighted by Gasteiger charge is 2.18. The van der Waals surface area contributed by atoms with Crippen LogP contribution in [0.5, 0.6) is 0 Å². The molecule has 134 valence electrons. The van der Waals surface area contributed by atoms with Crippen LogP contribution in [0.15, 0.2) is 95.5 Å². The van der Waals surface area contributed by atoms with Crippen molar-refractivity contribution in [1.82, 2.24) is 4.98 Å². The molecule has 0 fully saturated rings. The van der Waals surface area contributed by atoms with Crippen molar-refractivity contribution in [1.29, 1.82) is 0 Å². The summed E-state index contributed by atoms with van der Waals surface area (Å²) >= 11 is 5.95. The molecule has 0 saturated carbocycles. The summed E-state index contributed by atoms with van der Waals surface area (Å²) in [6.45, 7) is 0.655. The lowest BCUT2D eigenvalue weighted by atomic mass is 9.99. The van der Waals surface area contributed by atoms with E-state index in [1.165, 1.54) is 11.1 Å². The second-order valence-corrected chi connectivity index (χ2v) is 6.80. The number of oxazole rings is 1. The molecule has 0 saturated heterocycles. The molecule has 0 aliphatic heterocycles. The van der Waals surface area contributed by atoms with Gasteiger partial charge in [0.15, 0.2) is 12.3 Å². The van der Waals surface area contributed by atoms with Crippen molar-refractivity contribution in [3.63, 3.8) is 0 Å². The van der Waals surface area contributed by atoms with Crippen molar-refractivity contribution in [2.45, 2.75) is 12.6 Å². The van der Waals surface area contributed by atoms with Crippen molar-refractivity contribution in [3.8, 4) is 11.3 Å². The molecule has 4 aromatic rings. The van der Waals surface area contributed by atoms with Gasteiger partial charge in [-0.05, 0) is 24.3 Å². The van der Waals surface area contributed by atoms with Crippen LogP contribution in [-0.2, 0) is 6.54 Å². The van der Waals surface area contributed by atoms with Crippen LogP contribution in [0.3, 0.4) is 0 Å². The number of nitrogens with zero attached hydrogens (tertiary/aromatic N) is 1. The second kappa shape index (κ2) is 8.21. The van der Waals surface area contributed by atoms with Crippen molar-refractivity contribution < 1.29 is 9.73 Å². The summed E-state index contributed by atoms with van der Waals surface area (Å²) in [5.74, 6) is 1.46. The number of nitrogens with two attached hydrogens (primary N) is 1.